The molecule has 0 radical (unpaired) electrons. The van der Waals surface area contributed by atoms with Gasteiger partial charge in [-0.1, -0.05) is 27.7 Å². The second-order valence-electron chi connectivity index (χ2n) is 5.68. The lowest BCUT2D eigenvalue weighted by atomic mass is 9.94. The fraction of sp³-hybridized carbons (Fsp3) is 0.833. The van der Waals surface area contributed by atoms with E-state index >= 15 is 0 Å². The lowest BCUT2D eigenvalue weighted by molar-refractivity contribution is -0.145. The number of hydrogen-bond acceptors (Lipinski definition) is 2. The average molecular weight is 227 g/mol. The highest BCUT2D eigenvalue weighted by Gasteiger charge is 2.38. The molecular weight excluding hydrogens is 206 g/mol. The number of carboxylic acids is 1. The fourth-order valence-electron chi connectivity index (χ4n) is 1.59. The van der Waals surface area contributed by atoms with E-state index in [2.05, 4.69) is 0 Å². The molecule has 4 nitrogen and oxygen atoms in total. The van der Waals surface area contributed by atoms with Crippen LogP contribution in [0.1, 0.15) is 40.5 Å². The zero-order chi connectivity index (χ0) is 12.5. The van der Waals surface area contributed by atoms with E-state index in [9.17, 15) is 9.59 Å². The zero-order valence-electron chi connectivity index (χ0n) is 10.5. The van der Waals surface area contributed by atoms with Crippen LogP contribution in [0.3, 0.4) is 0 Å². The van der Waals surface area contributed by atoms with E-state index in [1.54, 1.807) is 11.8 Å². The summed E-state index contributed by atoms with van der Waals surface area (Å²) in [6, 6.07) is 0.272. The highest BCUT2D eigenvalue weighted by atomic mass is 16.4. The van der Waals surface area contributed by atoms with Crippen LogP contribution in [0.4, 0.5) is 0 Å². The van der Waals surface area contributed by atoms with Crippen molar-refractivity contribution in [1.29, 1.82) is 0 Å². The molecule has 0 aromatic carbocycles. The van der Waals surface area contributed by atoms with Crippen molar-refractivity contribution in [1.82, 2.24) is 4.90 Å². The first-order valence-corrected chi connectivity index (χ1v) is 5.77. The third kappa shape index (κ3) is 3.22. The topological polar surface area (TPSA) is 57.6 Å². The second kappa shape index (κ2) is 4.44. The first kappa shape index (κ1) is 13.0. The molecule has 16 heavy (non-hydrogen) atoms. The average Bonchev–Trinajstić information content (AvgIpc) is 2.94. The molecule has 1 rings (SSSR count). The first-order valence-electron chi connectivity index (χ1n) is 5.77. The predicted octanol–water partition coefficient (Wildman–Crippen LogP) is 1.74. The van der Waals surface area contributed by atoms with Crippen LogP contribution in [-0.4, -0.2) is 34.5 Å². The van der Waals surface area contributed by atoms with Crippen molar-refractivity contribution in [3.63, 3.8) is 0 Å². The number of amides is 1. The van der Waals surface area contributed by atoms with Crippen LogP contribution in [0.2, 0.25) is 0 Å². The highest BCUT2D eigenvalue weighted by molar-refractivity contribution is 5.82. The summed E-state index contributed by atoms with van der Waals surface area (Å²) in [5.41, 5.74) is -0.430. The minimum atomic E-state index is -0.840. The SMILES string of the molecule is CC(CN(C(=O)C(C)(C)C)C1CC1)C(=O)O. The van der Waals surface area contributed by atoms with Gasteiger partial charge in [0.05, 0.1) is 5.92 Å². The summed E-state index contributed by atoms with van der Waals surface area (Å²) in [4.78, 5) is 24.7. The Morgan fingerprint density at radius 3 is 2.19 bits per heavy atom. The molecule has 0 aliphatic heterocycles. The lowest BCUT2D eigenvalue weighted by Crippen LogP contribution is -2.44. The van der Waals surface area contributed by atoms with Gasteiger partial charge in [-0.3, -0.25) is 9.59 Å². The van der Waals surface area contributed by atoms with Gasteiger partial charge in [0.25, 0.3) is 0 Å². The Morgan fingerprint density at radius 1 is 1.38 bits per heavy atom. The number of aliphatic carboxylic acids is 1. The van der Waals surface area contributed by atoms with Crippen LogP contribution in [0.15, 0.2) is 0 Å². The van der Waals surface area contributed by atoms with Crippen molar-refractivity contribution in [2.24, 2.45) is 11.3 Å². The molecule has 1 amide bonds. The minimum Gasteiger partial charge on any atom is -0.481 e. The molecule has 4 heteroatoms. The van der Waals surface area contributed by atoms with Gasteiger partial charge in [0.1, 0.15) is 0 Å². The summed E-state index contributed by atoms with van der Waals surface area (Å²) in [6.07, 6.45) is 2.02. The Kier molecular flexibility index (Phi) is 3.61. The van der Waals surface area contributed by atoms with E-state index in [4.69, 9.17) is 5.11 Å². The standard InChI is InChI=1S/C12H21NO3/c1-8(10(14)15)7-13(9-5-6-9)11(16)12(2,3)4/h8-9H,5-7H2,1-4H3,(H,14,15). The minimum absolute atomic E-state index is 0.0584. The third-order valence-electron chi connectivity index (χ3n) is 2.78. The van der Waals surface area contributed by atoms with Crippen LogP contribution in [0.5, 0.6) is 0 Å². The van der Waals surface area contributed by atoms with Crippen LogP contribution < -0.4 is 0 Å². The Balaban J connectivity index is 2.68. The van der Waals surface area contributed by atoms with Crippen LogP contribution in [-0.2, 0) is 9.59 Å². The van der Waals surface area contributed by atoms with E-state index in [0.29, 0.717) is 6.54 Å². The summed E-state index contributed by atoms with van der Waals surface area (Å²) in [6.45, 7) is 7.59. The maximum atomic E-state index is 12.1. The van der Waals surface area contributed by atoms with Crippen molar-refractivity contribution >= 4 is 11.9 Å². The number of carbonyl (C=O) groups is 2. The number of nitrogens with zero attached hydrogens (tertiary/aromatic N) is 1. The molecule has 0 spiro atoms. The van der Waals surface area contributed by atoms with Crippen molar-refractivity contribution in [2.45, 2.75) is 46.6 Å². The zero-order valence-corrected chi connectivity index (χ0v) is 10.5. The summed E-state index contributed by atoms with van der Waals surface area (Å²) in [5.74, 6) is -1.28. The molecule has 1 saturated carbocycles. The maximum absolute atomic E-state index is 12.1. The van der Waals surface area contributed by atoms with E-state index < -0.39 is 17.3 Å². The lowest BCUT2D eigenvalue weighted by Gasteiger charge is -2.30. The smallest absolute Gasteiger partial charge is 0.308 e. The van der Waals surface area contributed by atoms with Crippen molar-refractivity contribution in [3.05, 3.63) is 0 Å². The van der Waals surface area contributed by atoms with Crippen molar-refractivity contribution in [2.75, 3.05) is 6.54 Å². The molecule has 0 saturated heterocycles. The normalized spacial score (nSPS) is 18.0. The summed E-state index contributed by atoms with van der Waals surface area (Å²) >= 11 is 0. The van der Waals surface area contributed by atoms with Gasteiger partial charge in [-0.05, 0) is 12.8 Å². The van der Waals surface area contributed by atoms with Gasteiger partial charge in [0.2, 0.25) is 5.91 Å². The maximum Gasteiger partial charge on any atom is 0.308 e. The predicted molar refractivity (Wildman–Crippen MR) is 61.0 cm³/mol. The largest absolute Gasteiger partial charge is 0.481 e. The summed E-state index contributed by atoms with van der Waals surface area (Å²) in [5, 5.41) is 8.88. The molecule has 1 N–H and O–H groups in total. The van der Waals surface area contributed by atoms with Gasteiger partial charge in [-0.25, -0.2) is 0 Å². The van der Waals surface area contributed by atoms with Crippen molar-refractivity contribution < 1.29 is 14.7 Å². The molecule has 1 aliphatic rings. The highest BCUT2D eigenvalue weighted by Crippen LogP contribution is 2.31. The van der Waals surface area contributed by atoms with Crippen molar-refractivity contribution in [3.8, 4) is 0 Å². The molecule has 1 atom stereocenters. The number of carbonyl (C=O) groups excluding carboxylic acids is 1. The third-order valence-corrected chi connectivity index (χ3v) is 2.78. The molecule has 0 bridgehead atoms. The van der Waals surface area contributed by atoms with Gasteiger partial charge in [-0.15, -0.1) is 0 Å². The van der Waals surface area contributed by atoms with Crippen LogP contribution >= 0.6 is 0 Å². The van der Waals surface area contributed by atoms with E-state index in [-0.39, 0.29) is 11.9 Å². The Labute approximate surface area is 96.6 Å². The van der Waals surface area contributed by atoms with Crippen LogP contribution in [0.25, 0.3) is 0 Å². The molecule has 92 valence electrons. The fourth-order valence-corrected chi connectivity index (χ4v) is 1.59. The van der Waals surface area contributed by atoms with Gasteiger partial charge in [-0.2, -0.15) is 0 Å². The van der Waals surface area contributed by atoms with Gasteiger partial charge in [0.15, 0.2) is 0 Å². The molecule has 0 aromatic heterocycles. The monoisotopic (exact) mass is 227 g/mol. The van der Waals surface area contributed by atoms with E-state index in [1.165, 1.54) is 0 Å². The molecular formula is C12H21NO3. The number of carboxylic acid groups (broad SMARTS) is 1. The molecule has 1 unspecified atom stereocenters. The number of hydrogen-bond donors (Lipinski definition) is 1. The quantitative estimate of drug-likeness (QED) is 0.796. The first-order chi connectivity index (χ1) is 7.23. The Bertz CT molecular complexity index is 289. The van der Waals surface area contributed by atoms with E-state index in [1.807, 2.05) is 20.8 Å². The molecule has 0 heterocycles. The molecule has 1 aliphatic carbocycles. The Morgan fingerprint density at radius 2 is 1.88 bits per heavy atom. The van der Waals surface area contributed by atoms with E-state index in [0.717, 1.165) is 12.8 Å². The number of rotatable bonds is 4. The second-order valence-corrected chi connectivity index (χ2v) is 5.68. The van der Waals surface area contributed by atoms with Gasteiger partial charge in [0, 0.05) is 18.0 Å². The van der Waals surface area contributed by atoms with Crippen LogP contribution in [0, 0.1) is 11.3 Å². The summed E-state index contributed by atoms with van der Waals surface area (Å²) < 4.78 is 0. The summed E-state index contributed by atoms with van der Waals surface area (Å²) in [7, 11) is 0. The van der Waals surface area contributed by atoms with Gasteiger partial charge >= 0.3 is 5.97 Å². The Hall–Kier alpha value is -1.06. The van der Waals surface area contributed by atoms with Gasteiger partial charge < -0.3 is 10.0 Å². The molecule has 1 fully saturated rings. The molecule has 0 aromatic rings.